The second-order valence-corrected chi connectivity index (χ2v) is 6.97. The number of hydrogen-bond acceptors (Lipinski definition) is 5. The molecule has 2 heterocycles. The number of benzene rings is 1. The lowest BCUT2D eigenvalue weighted by molar-refractivity contribution is -0.127. The Hall–Kier alpha value is -2.12. The van der Waals surface area contributed by atoms with Gasteiger partial charge in [-0.25, -0.2) is 4.98 Å². The minimum absolute atomic E-state index is 0.155. The summed E-state index contributed by atoms with van der Waals surface area (Å²) < 4.78 is 12.0. The van der Waals surface area contributed by atoms with Crippen molar-refractivity contribution in [3.05, 3.63) is 52.6 Å². The highest BCUT2D eigenvalue weighted by Gasteiger charge is 2.15. The van der Waals surface area contributed by atoms with Crippen LogP contribution in [-0.2, 0) is 16.1 Å². The van der Waals surface area contributed by atoms with Gasteiger partial charge in [0.1, 0.15) is 11.6 Å². The predicted molar refractivity (Wildman–Crippen MR) is 103 cm³/mol. The lowest BCUT2D eigenvalue weighted by Crippen LogP contribution is -2.37. The number of pyridine rings is 1. The summed E-state index contributed by atoms with van der Waals surface area (Å²) in [5, 5.41) is 2.92. The molecule has 0 bridgehead atoms. The number of carbonyl (C=O) groups excluding carboxylic acids is 1. The SMILES string of the molecule is CC(Oc1ccc(Br)cc1)C(=O)NCc1ccnc(N2CCOCC2)c1. The standard InChI is InChI=1S/C19H22BrN3O3/c1-14(26-17-4-2-16(20)3-5-17)19(24)22-13-15-6-7-21-18(12-15)23-8-10-25-11-9-23/h2-7,12,14H,8-11,13H2,1H3,(H,22,24). The number of anilines is 1. The molecule has 0 radical (unpaired) electrons. The Bertz CT molecular complexity index is 733. The third kappa shape index (κ3) is 5.19. The molecule has 0 saturated carbocycles. The molecule has 1 fully saturated rings. The number of nitrogens with zero attached hydrogens (tertiary/aromatic N) is 2. The Labute approximate surface area is 161 Å². The van der Waals surface area contributed by atoms with Crippen LogP contribution in [0.3, 0.4) is 0 Å². The maximum absolute atomic E-state index is 12.3. The number of amides is 1. The van der Waals surface area contributed by atoms with Crippen molar-refractivity contribution in [2.24, 2.45) is 0 Å². The number of morpholine rings is 1. The van der Waals surface area contributed by atoms with Gasteiger partial charge in [0.15, 0.2) is 6.10 Å². The highest BCUT2D eigenvalue weighted by molar-refractivity contribution is 9.10. The molecular weight excluding hydrogens is 398 g/mol. The minimum atomic E-state index is -0.572. The van der Waals surface area contributed by atoms with E-state index in [0.29, 0.717) is 25.5 Å². The summed E-state index contributed by atoms with van der Waals surface area (Å²) in [6.45, 7) is 5.28. The maximum Gasteiger partial charge on any atom is 0.261 e. The Balaban J connectivity index is 1.52. The van der Waals surface area contributed by atoms with Crippen LogP contribution in [0.1, 0.15) is 12.5 Å². The van der Waals surface area contributed by atoms with Crippen LogP contribution in [0.2, 0.25) is 0 Å². The van der Waals surface area contributed by atoms with Gasteiger partial charge in [-0.1, -0.05) is 15.9 Å². The fraction of sp³-hybridized carbons (Fsp3) is 0.368. The molecule has 138 valence electrons. The molecule has 0 spiro atoms. The highest BCUT2D eigenvalue weighted by atomic mass is 79.9. The van der Waals surface area contributed by atoms with E-state index >= 15 is 0 Å². The van der Waals surface area contributed by atoms with Gasteiger partial charge >= 0.3 is 0 Å². The Kier molecular flexibility index (Phi) is 6.46. The second kappa shape index (κ2) is 9.00. The van der Waals surface area contributed by atoms with E-state index < -0.39 is 6.10 Å². The molecule has 1 aliphatic heterocycles. The molecule has 1 saturated heterocycles. The lowest BCUT2D eigenvalue weighted by Gasteiger charge is -2.28. The van der Waals surface area contributed by atoms with Crippen LogP contribution in [0.4, 0.5) is 5.82 Å². The van der Waals surface area contributed by atoms with Crippen LogP contribution < -0.4 is 15.0 Å². The molecular formula is C19H22BrN3O3. The van der Waals surface area contributed by atoms with Gasteiger partial charge in [-0.15, -0.1) is 0 Å². The first kappa shape index (κ1) is 18.7. The molecule has 2 aromatic rings. The number of halogens is 1. The van der Waals surface area contributed by atoms with Gasteiger partial charge in [0.25, 0.3) is 5.91 Å². The van der Waals surface area contributed by atoms with Gasteiger partial charge in [-0.05, 0) is 48.9 Å². The monoisotopic (exact) mass is 419 g/mol. The number of carbonyl (C=O) groups is 1. The smallest absolute Gasteiger partial charge is 0.261 e. The summed E-state index contributed by atoms with van der Waals surface area (Å²) in [6.07, 6.45) is 1.20. The van der Waals surface area contributed by atoms with Crippen molar-refractivity contribution in [1.82, 2.24) is 10.3 Å². The summed E-state index contributed by atoms with van der Waals surface area (Å²) in [5.74, 6) is 1.42. The van der Waals surface area contributed by atoms with E-state index in [1.54, 1.807) is 13.1 Å². The highest BCUT2D eigenvalue weighted by Crippen LogP contribution is 2.17. The first-order valence-corrected chi connectivity index (χ1v) is 9.39. The fourth-order valence-electron chi connectivity index (χ4n) is 2.64. The third-order valence-electron chi connectivity index (χ3n) is 4.11. The molecule has 7 heteroatoms. The quantitative estimate of drug-likeness (QED) is 0.779. The van der Waals surface area contributed by atoms with Gasteiger partial charge in [0.2, 0.25) is 0 Å². The molecule has 1 atom stereocenters. The molecule has 1 amide bonds. The second-order valence-electron chi connectivity index (χ2n) is 6.05. The Morgan fingerprint density at radius 1 is 1.31 bits per heavy atom. The van der Waals surface area contributed by atoms with Crippen molar-refractivity contribution in [2.75, 3.05) is 31.2 Å². The van der Waals surface area contributed by atoms with Gasteiger partial charge in [-0.3, -0.25) is 4.79 Å². The fourth-order valence-corrected chi connectivity index (χ4v) is 2.90. The van der Waals surface area contributed by atoms with E-state index in [2.05, 4.69) is 31.1 Å². The summed E-state index contributed by atoms with van der Waals surface area (Å²) in [6, 6.07) is 11.3. The largest absolute Gasteiger partial charge is 0.481 e. The van der Waals surface area contributed by atoms with E-state index in [1.165, 1.54) is 0 Å². The molecule has 6 nitrogen and oxygen atoms in total. The van der Waals surface area contributed by atoms with Crippen LogP contribution in [-0.4, -0.2) is 43.3 Å². The van der Waals surface area contributed by atoms with Gasteiger partial charge in [0, 0.05) is 30.3 Å². The number of hydrogen-bond donors (Lipinski definition) is 1. The molecule has 1 unspecified atom stereocenters. The molecule has 0 aliphatic carbocycles. The van der Waals surface area contributed by atoms with Crippen molar-refractivity contribution in [3.63, 3.8) is 0 Å². The zero-order chi connectivity index (χ0) is 18.4. The molecule has 26 heavy (non-hydrogen) atoms. The van der Waals surface area contributed by atoms with Gasteiger partial charge < -0.3 is 19.7 Å². The zero-order valence-electron chi connectivity index (χ0n) is 14.7. The van der Waals surface area contributed by atoms with Gasteiger partial charge in [0.05, 0.1) is 13.2 Å². The third-order valence-corrected chi connectivity index (χ3v) is 4.64. The predicted octanol–water partition coefficient (Wildman–Crippen LogP) is 2.76. The number of nitrogens with one attached hydrogen (secondary N) is 1. The first-order chi connectivity index (χ1) is 12.6. The van der Waals surface area contributed by atoms with Crippen LogP contribution in [0.5, 0.6) is 5.75 Å². The molecule has 1 aliphatic rings. The van der Waals surface area contributed by atoms with Crippen molar-refractivity contribution >= 4 is 27.7 Å². The topological polar surface area (TPSA) is 63.7 Å². The van der Waals surface area contributed by atoms with Crippen molar-refractivity contribution < 1.29 is 14.3 Å². The number of aromatic nitrogens is 1. The molecule has 3 rings (SSSR count). The average Bonchev–Trinajstić information content (AvgIpc) is 2.68. The van der Waals surface area contributed by atoms with Crippen LogP contribution in [0.25, 0.3) is 0 Å². The van der Waals surface area contributed by atoms with Crippen molar-refractivity contribution in [2.45, 2.75) is 19.6 Å². The maximum atomic E-state index is 12.3. The van der Waals surface area contributed by atoms with Crippen molar-refractivity contribution in [3.8, 4) is 5.75 Å². The van der Waals surface area contributed by atoms with Crippen LogP contribution in [0, 0.1) is 0 Å². The van der Waals surface area contributed by atoms with Crippen LogP contribution >= 0.6 is 15.9 Å². The zero-order valence-corrected chi connectivity index (χ0v) is 16.2. The summed E-state index contributed by atoms with van der Waals surface area (Å²) in [5.41, 5.74) is 1.01. The van der Waals surface area contributed by atoms with E-state index in [9.17, 15) is 4.79 Å². The summed E-state index contributed by atoms with van der Waals surface area (Å²) in [7, 11) is 0. The normalized spacial score (nSPS) is 15.4. The van der Waals surface area contributed by atoms with E-state index in [-0.39, 0.29) is 5.91 Å². The van der Waals surface area contributed by atoms with E-state index in [0.717, 1.165) is 28.9 Å². The van der Waals surface area contributed by atoms with E-state index in [4.69, 9.17) is 9.47 Å². The minimum Gasteiger partial charge on any atom is -0.481 e. The Morgan fingerprint density at radius 2 is 2.04 bits per heavy atom. The van der Waals surface area contributed by atoms with E-state index in [1.807, 2.05) is 36.4 Å². The first-order valence-electron chi connectivity index (χ1n) is 8.59. The average molecular weight is 420 g/mol. The summed E-state index contributed by atoms with van der Waals surface area (Å²) >= 11 is 3.38. The van der Waals surface area contributed by atoms with Gasteiger partial charge in [-0.2, -0.15) is 0 Å². The van der Waals surface area contributed by atoms with Crippen LogP contribution in [0.15, 0.2) is 47.1 Å². The molecule has 1 N–H and O–H groups in total. The number of ether oxygens (including phenoxy) is 2. The Morgan fingerprint density at radius 3 is 2.77 bits per heavy atom. The lowest BCUT2D eigenvalue weighted by atomic mass is 10.2. The summed E-state index contributed by atoms with van der Waals surface area (Å²) in [4.78, 5) is 18.9. The number of rotatable bonds is 6. The molecule has 1 aromatic heterocycles. The molecule has 1 aromatic carbocycles. The van der Waals surface area contributed by atoms with Crippen molar-refractivity contribution in [1.29, 1.82) is 0 Å².